The molecule has 3 rings (SSSR count). The fourth-order valence-electron chi connectivity index (χ4n) is 2.64. The van der Waals surface area contributed by atoms with Crippen LogP contribution in [0.4, 0.5) is 0 Å². The Labute approximate surface area is 123 Å². The molecule has 0 amide bonds. The Morgan fingerprint density at radius 2 is 2.38 bits per heavy atom. The molecule has 1 fully saturated rings. The minimum atomic E-state index is 0.205. The predicted molar refractivity (Wildman–Crippen MR) is 74.4 cm³/mol. The zero-order valence-electron chi connectivity index (χ0n) is 12.4. The number of hydrogen-bond acceptors (Lipinski definition) is 6. The highest BCUT2D eigenvalue weighted by Gasteiger charge is 2.27. The van der Waals surface area contributed by atoms with E-state index in [4.69, 9.17) is 14.0 Å². The number of aryl methyl sites for hydroxylation is 1. The molecule has 0 N–H and O–H groups in total. The van der Waals surface area contributed by atoms with Crippen molar-refractivity contribution in [1.29, 1.82) is 0 Å². The summed E-state index contributed by atoms with van der Waals surface area (Å²) < 4.78 is 18.0. The highest BCUT2D eigenvalue weighted by Crippen LogP contribution is 2.25. The number of methoxy groups -OCH3 is 1. The van der Waals surface area contributed by atoms with Crippen LogP contribution in [-0.2, 0) is 29.7 Å². The van der Waals surface area contributed by atoms with E-state index < -0.39 is 0 Å². The fourth-order valence-corrected chi connectivity index (χ4v) is 2.64. The lowest BCUT2D eigenvalue weighted by molar-refractivity contribution is -0.0192. The van der Waals surface area contributed by atoms with Gasteiger partial charge in [0.15, 0.2) is 5.82 Å². The second kappa shape index (κ2) is 6.38. The summed E-state index contributed by atoms with van der Waals surface area (Å²) in [7, 11) is 3.66. The molecule has 3 heterocycles. The number of morpholine rings is 1. The van der Waals surface area contributed by atoms with Crippen molar-refractivity contribution < 1.29 is 14.0 Å². The second-order valence-corrected chi connectivity index (χ2v) is 5.14. The second-order valence-electron chi connectivity index (χ2n) is 5.14. The van der Waals surface area contributed by atoms with Crippen molar-refractivity contribution in [2.75, 3.05) is 26.9 Å². The Hall–Kier alpha value is -1.70. The standard InChI is InChI=1S/C14H20N4O3/c1-17-5-3-4-11(17)12-9-20-7-6-18(12)8-14-15-13(10-19-2)16-21-14/h3-5,12H,6-10H2,1-2H3/t12-/m0/s1. The van der Waals surface area contributed by atoms with Crippen molar-refractivity contribution in [1.82, 2.24) is 19.6 Å². The first-order valence-corrected chi connectivity index (χ1v) is 7.01. The van der Waals surface area contributed by atoms with E-state index >= 15 is 0 Å². The summed E-state index contributed by atoms with van der Waals surface area (Å²) in [5.41, 5.74) is 1.23. The van der Waals surface area contributed by atoms with Crippen LogP contribution in [0.2, 0.25) is 0 Å². The van der Waals surface area contributed by atoms with Crippen LogP contribution >= 0.6 is 0 Å². The topological polar surface area (TPSA) is 65.6 Å². The number of rotatable bonds is 5. The maximum absolute atomic E-state index is 5.63. The minimum absolute atomic E-state index is 0.205. The zero-order chi connectivity index (χ0) is 14.7. The molecule has 0 unspecified atom stereocenters. The molecule has 2 aromatic rings. The quantitative estimate of drug-likeness (QED) is 0.823. The van der Waals surface area contributed by atoms with E-state index in [1.807, 2.05) is 19.3 Å². The number of nitrogens with zero attached hydrogens (tertiary/aromatic N) is 4. The summed E-state index contributed by atoms with van der Waals surface area (Å²) in [5, 5.41) is 3.90. The lowest BCUT2D eigenvalue weighted by atomic mass is 10.1. The van der Waals surface area contributed by atoms with Crippen molar-refractivity contribution in [3.8, 4) is 0 Å². The van der Waals surface area contributed by atoms with E-state index in [1.54, 1.807) is 7.11 Å². The van der Waals surface area contributed by atoms with E-state index in [0.717, 1.165) is 13.2 Å². The molecule has 21 heavy (non-hydrogen) atoms. The van der Waals surface area contributed by atoms with E-state index in [2.05, 4.69) is 25.7 Å². The summed E-state index contributed by atoms with van der Waals surface area (Å²) in [6.07, 6.45) is 2.05. The first-order valence-electron chi connectivity index (χ1n) is 7.01. The third-order valence-corrected chi connectivity index (χ3v) is 3.69. The Kier molecular flexibility index (Phi) is 4.33. The molecule has 0 saturated carbocycles. The van der Waals surface area contributed by atoms with Gasteiger partial charge in [0.05, 0.1) is 25.8 Å². The van der Waals surface area contributed by atoms with Gasteiger partial charge in [-0.1, -0.05) is 5.16 Å². The third kappa shape index (κ3) is 3.15. The smallest absolute Gasteiger partial charge is 0.240 e. The van der Waals surface area contributed by atoms with Crippen molar-refractivity contribution in [3.05, 3.63) is 35.7 Å². The average Bonchev–Trinajstić information content (AvgIpc) is 3.09. The lowest BCUT2D eigenvalue weighted by Gasteiger charge is -2.34. The van der Waals surface area contributed by atoms with Crippen LogP contribution in [0.1, 0.15) is 23.5 Å². The fraction of sp³-hybridized carbons (Fsp3) is 0.571. The lowest BCUT2D eigenvalue weighted by Crippen LogP contribution is -2.39. The summed E-state index contributed by atoms with van der Waals surface area (Å²) >= 11 is 0. The first kappa shape index (κ1) is 14.2. The first-order chi connectivity index (χ1) is 10.3. The Bertz CT molecular complexity index is 580. The van der Waals surface area contributed by atoms with Crippen LogP contribution in [0.25, 0.3) is 0 Å². The predicted octanol–water partition coefficient (Wildman–Crippen LogP) is 1.13. The van der Waals surface area contributed by atoms with E-state index in [-0.39, 0.29) is 6.04 Å². The van der Waals surface area contributed by atoms with E-state index in [9.17, 15) is 0 Å². The molecule has 1 atom stereocenters. The van der Waals surface area contributed by atoms with Gasteiger partial charge in [0.2, 0.25) is 5.89 Å². The number of hydrogen-bond donors (Lipinski definition) is 0. The minimum Gasteiger partial charge on any atom is -0.378 e. The SMILES string of the molecule is COCc1noc(CN2CCOC[C@H]2c2cccn2C)n1. The van der Waals surface area contributed by atoms with Crippen molar-refractivity contribution in [3.63, 3.8) is 0 Å². The molecule has 0 bridgehead atoms. The summed E-state index contributed by atoms with van der Waals surface area (Å²) in [4.78, 5) is 6.65. The third-order valence-electron chi connectivity index (χ3n) is 3.69. The normalized spacial score (nSPS) is 20.0. The van der Waals surface area contributed by atoms with Crippen LogP contribution in [-0.4, -0.2) is 46.5 Å². The molecule has 0 spiro atoms. The Balaban J connectivity index is 1.73. The Morgan fingerprint density at radius 3 is 3.14 bits per heavy atom. The van der Waals surface area contributed by atoms with Gasteiger partial charge in [-0.25, -0.2) is 0 Å². The number of ether oxygens (including phenoxy) is 2. The molecular formula is C14H20N4O3. The van der Waals surface area contributed by atoms with Crippen molar-refractivity contribution >= 4 is 0 Å². The molecule has 0 aromatic carbocycles. The van der Waals surface area contributed by atoms with Gasteiger partial charge >= 0.3 is 0 Å². The molecule has 0 aliphatic carbocycles. The van der Waals surface area contributed by atoms with Gasteiger partial charge < -0.3 is 18.6 Å². The van der Waals surface area contributed by atoms with E-state index in [0.29, 0.717) is 31.5 Å². The molecule has 114 valence electrons. The molecule has 1 aliphatic heterocycles. The molecule has 1 saturated heterocycles. The van der Waals surface area contributed by atoms with Gasteiger partial charge in [0, 0.05) is 32.6 Å². The van der Waals surface area contributed by atoms with Gasteiger partial charge in [-0.3, -0.25) is 4.90 Å². The van der Waals surface area contributed by atoms with Crippen LogP contribution in [0.5, 0.6) is 0 Å². The average molecular weight is 292 g/mol. The van der Waals surface area contributed by atoms with Crippen LogP contribution < -0.4 is 0 Å². The summed E-state index contributed by atoms with van der Waals surface area (Å²) in [6, 6.07) is 4.37. The van der Waals surface area contributed by atoms with Gasteiger partial charge in [0.1, 0.15) is 6.61 Å². The summed E-state index contributed by atoms with van der Waals surface area (Å²) in [5.74, 6) is 1.19. The Morgan fingerprint density at radius 1 is 1.48 bits per heavy atom. The van der Waals surface area contributed by atoms with Gasteiger partial charge in [-0.15, -0.1) is 0 Å². The van der Waals surface area contributed by atoms with Crippen molar-refractivity contribution in [2.45, 2.75) is 19.2 Å². The summed E-state index contributed by atoms with van der Waals surface area (Å²) in [6.45, 7) is 3.23. The maximum atomic E-state index is 5.63. The molecule has 0 radical (unpaired) electrons. The largest absolute Gasteiger partial charge is 0.378 e. The van der Waals surface area contributed by atoms with Crippen LogP contribution in [0.15, 0.2) is 22.9 Å². The number of aromatic nitrogens is 3. The molecular weight excluding hydrogens is 272 g/mol. The van der Waals surface area contributed by atoms with Crippen LogP contribution in [0.3, 0.4) is 0 Å². The van der Waals surface area contributed by atoms with Gasteiger partial charge in [-0.2, -0.15) is 4.98 Å². The molecule has 7 heteroatoms. The van der Waals surface area contributed by atoms with E-state index in [1.165, 1.54) is 5.69 Å². The highest BCUT2D eigenvalue weighted by atomic mass is 16.5. The monoisotopic (exact) mass is 292 g/mol. The zero-order valence-corrected chi connectivity index (χ0v) is 12.4. The molecule has 7 nitrogen and oxygen atoms in total. The highest BCUT2D eigenvalue weighted by molar-refractivity contribution is 5.12. The maximum Gasteiger partial charge on any atom is 0.240 e. The molecule has 1 aliphatic rings. The van der Waals surface area contributed by atoms with Crippen molar-refractivity contribution in [2.24, 2.45) is 7.05 Å². The molecule has 2 aromatic heterocycles. The van der Waals surface area contributed by atoms with Gasteiger partial charge in [0.25, 0.3) is 0 Å². The van der Waals surface area contributed by atoms with Gasteiger partial charge in [-0.05, 0) is 12.1 Å². The van der Waals surface area contributed by atoms with Crippen LogP contribution in [0, 0.1) is 0 Å².